The molecular weight excluding hydrogens is 286 g/mol. The molecule has 0 aromatic heterocycles. The van der Waals surface area contributed by atoms with Gasteiger partial charge in [-0.25, -0.2) is 0 Å². The maximum absolute atomic E-state index is 12.7. The van der Waals surface area contributed by atoms with E-state index >= 15 is 0 Å². The SMILES string of the molecule is O=C1c2ccccc2C(=O)c2cc(Nc3ccccc3)ccc21. The van der Waals surface area contributed by atoms with Gasteiger partial charge in [0, 0.05) is 33.6 Å². The molecule has 0 atom stereocenters. The van der Waals surface area contributed by atoms with E-state index in [0.29, 0.717) is 22.3 Å². The summed E-state index contributed by atoms with van der Waals surface area (Å²) in [4.78, 5) is 25.2. The molecule has 4 rings (SSSR count). The Hall–Kier alpha value is -3.20. The largest absolute Gasteiger partial charge is 0.356 e. The van der Waals surface area contributed by atoms with Crippen LogP contribution < -0.4 is 5.32 Å². The lowest BCUT2D eigenvalue weighted by Crippen LogP contribution is -2.20. The smallest absolute Gasteiger partial charge is 0.194 e. The molecule has 3 nitrogen and oxygen atoms in total. The normalized spacial score (nSPS) is 12.5. The summed E-state index contributed by atoms with van der Waals surface area (Å²) in [6, 6.07) is 22.0. The highest BCUT2D eigenvalue weighted by Crippen LogP contribution is 2.29. The van der Waals surface area contributed by atoms with Gasteiger partial charge in [0.05, 0.1) is 0 Å². The van der Waals surface area contributed by atoms with Crippen molar-refractivity contribution in [3.05, 3.63) is 95.1 Å². The standard InChI is InChI=1S/C20H13NO2/c22-19-15-8-4-5-9-16(15)20(23)18-12-14(10-11-17(18)19)21-13-6-2-1-3-7-13/h1-12,21H. The van der Waals surface area contributed by atoms with Crippen LogP contribution >= 0.6 is 0 Å². The van der Waals surface area contributed by atoms with Gasteiger partial charge < -0.3 is 5.32 Å². The number of rotatable bonds is 2. The van der Waals surface area contributed by atoms with Gasteiger partial charge in [-0.3, -0.25) is 9.59 Å². The molecule has 3 aromatic rings. The van der Waals surface area contributed by atoms with Gasteiger partial charge in [0.1, 0.15) is 0 Å². The number of anilines is 2. The van der Waals surface area contributed by atoms with Crippen LogP contribution in [-0.2, 0) is 0 Å². The van der Waals surface area contributed by atoms with Crippen LogP contribution in [0.4, 0.5) is 11.4 Å². The molecule has 1 aliphatic rings. The summed E-state index contributed by atoms with van der Waals surface area (Å²) < 4.78 is 0. The Labute approximate surface area is 133 Å². The highest BCUT2D eigenvalue weighted by Gasteiger charge is 2.29. The van der Waals surface area contributed by atoms with E-state index in [1.807, 2.05) is 36.4 Å². The van der Waals surface area contributed by atoms with Crippen LogP contribution in [0.1, 0.15) is 31.8 Å². The van der Waals surface area contributed by atoms with Crippen molar-refractivity contribution in [2.75, 3.05) is 5.32 Å². The van der Waals surface area contributed by atoms with Gasteiger partial charge in [-0.15, -0.1) is 0 Å². The summed E-state index contributed by atoms with van der Waals surface area (Å²) in [5.41, 5.74) is 3.59. The van der Waals surface area contributed by atoms with E-state index < -0.39 is 0 Å². The molecule has 3 heteroatoms. The fourth-order valence-electron chi connectivity index (χ4n) is 2.87. The summed E-state index contributed by atoms with van der Waals surface area (Å²) in [5.74, 6) is -0.201. The summed E-state index contributed by atoms with van der Waals surface area (Å²) in [6.45, 7) is 0. The van der Waals surface area contributed by atoms with Crippen LogP contribution in [0.3, 0.4) is 0 Å². The molecule has 1 N–H and O–H groups in total. The minimum absolute atomic E-state index is 0.0959. The van der Waals surface area contributed by atoms with E-state index in [1.54, 1.807) is 36.4 Å². The number of hydrogen-bond donors (Lipinski definition) is 1. The Morgan fingerprint density at radius 3 is 1.78 bits per heavy atom. The first-order valence-electron chi connectivity index (χ1n) is 7.38. The van der Waals surface area contributed by atoms with Crippen LogP contribution in [-0.4, -0.2) is 11.6 Å². The first kappa shape index (κ1) is 13.5. The second-order valence-corrected chi connectivity index (χ2v) is 5.46. The Kier molecular flexibility index (Phi) is 3.05. The lowest BCUT2D eigenvalue weighted by molar-refractivity contribution is 0.0979. The second-order valence-electron chi connectivity index (χ2n) is 5.46. The number of carbonyl (C=O) groups excluding carboxylic acids is 2. The summed E-state index contributed by atoms with van der Waals surface area (Å²) in [6.07, 6.45) is 0. The van der Waals surface area contributed by atoms with E-state index in [1.165, 1.54) is 0 Å². The molecule has 0 aliphatic heterocycles. The molecule has 23 heavy (non-hydrogen) atoms. The fourth-order valence-corrected chi connectivity index (χ4v) is 2.87. The summed E-state index contributed by atoms with van der Waals surface area (Å²) in [5, 5.41) is 3.25. The Morgan fingerprint density at radius 2 is 1.09 bits per heavy atom. The molecule has 0 fully saturated rings. The fraction of sp³-hybridized carbons (Fsp3) is 0. The van der Waals surface area contributed by atoms with Gasteiger partial charge in [0.2, 0.25) is 0 Å². The topological polar surface area (TPSA) is 46.2 Å². The molecule has 1 aliphatic carbocycles. The molecule has 3 aromatic carbocycles. The van der Waals surface area contributed by atoms with Crippen molar-refractivity contribution in [2.45, 2.75) is 0 Å². The number of benzene rings is 3. The molecule has 0 bridgehead atoms. The van der Waals surface area contributed by atoms with Crippen molar-refractivity contribution in [3.63, 3.8) is 0 Å². The molecule has 0 saturated carbocycles. The zero-order valence-electron chi connectivity index (χ0n) is 12.2. The number of carbonyl (C=O) groups is 2. The maximum atomic E-state index is 12.7. The lowest BCUT2D eigenvalue weighted by atomic mass is 9.84. The Bertz CT molecular complexity index is 929. The highest BCUT2D eigenvalue weighted by atomic mass is 16.1. The predicted molar refractivity (Wildman–Crippen MR) is 89.5 cm³/mol. The van der Waals surface area contributed by atoms with E-state index in [0.717, 1.165) is 11.4 Å². The third-order valence-corrected chi connectivity index (χ3v) is 3.99. The third-order valence-electron chi connectivity index (χ3n) is 3.99. The van der Waals surface area contributed by atoms with Crippen LogP contribution in [0.25, 0.3) is 0 Å². The lowest BCUT2D eigenvalue weighted by Gasteiger charge is -2.18. The third kappa shape index (κ3) is 2.23. The second kappa shape index (κ2) is 5.21. The van der Waals surface area contributed by atoms with Crippen molar-refractivity contribution < 1.29 is 9.59 Å². The predicted octanol–water partition coefficient (Wildman–Crippen LogP) is 4.21. The average molecular weight is 299 g/mol. The number of nitrogens with one attached hydrogen (secondary N) is 1. The number of fused-ring (bicyclic) bond motifs is 2. The van der Waals surface area contributed by atoms with Crippen molar-refractivity contribution in [1.82, 2.24) is 0 Å². The van der Waals surface area contributed by atoms with Crippen LogP contribution in [0.15, 0.2) is 72.8 Å². The van der Waals surface area contributed by atoms with Gasteiger partial charge in [-0.2, -0.15) is 0 Å². The minimum Gasteiger partial charge on any atom is -0.356 e. The average Bonchev–Trinajstić information content (AvgIpc) is 2.60. The van der Waals surface area contributed by atoms with Crippen molar-refractivity contribution in [3.8, 4) is 0 Å². The van der Waals surface area contributed by atoms with E-state index in [4.69, 9.17) is 0 Å². The number of para-hydroxylation sites is 1. The zero-order chi connectivity index (χ0) is 15.8. The molecule has 0 heterocycles. The van der Waals surface area contributed by atoms with Crippen molar-refractivity contribution in [1.29, 1.82) is 0 Å². The van der Waals surface area contributed by atoms with Crippen molar-refractivity contribution >= 4 is 22.9 Å². The van der Waals surface area contributed by atoms with Gasteiger partial charge in [-0.05, 0) is 30.3 Å². The first-order chi connectivity index (χ1) is 11.2. The Balaban J connectivity index is 1.77. The monoisotopic (exact) mass is 299 g/mol. The van der Waals surface area contributed by atoms with Gasteiger partial charge in [-0.1, -0.05) is 42.5 Å². The van der Waals surface area contributed by atoms with Gasteiger partial charge >= 0.3 is 0 Å². The molecule has 110 valence electrons. The molecule has 0 spiro atoms. The van der Waals surface area contributed by atoms with Crippen molar-refractivity contribution in [2.24, 2.45) is 0 Å². The highest BCUT2D eigenvalue weighted by molar-refractivity contribution is 6.28. The minimum atomic E-state index is -0.105. The van der Waals surface area contributed by atoms with E-state index in [2.05, 4.69) is 5.32 Å². The Morgan fingerprint density at radius 1 is 0.522 bits per heavy atom. The molecule has 0 amide bonds. The zero-order valence-corrected chi connectivity index (χ0v) is 12.2. The van der Waals surface area contributed by atoms with Gasteiger partial charge in [0.15, 0.2) is 11.6 Å². The summed E-state index contributed by atoms with van der Waals surface area (Å²) >= 11 is 0. The molecule has 0 radical (unpaired) electrons. The first-order valence-corrected chi connectivity index (χ1v) is 7.38. The quantitative estimate of drug-likeness (QED) is 0.603. The van der Waals surface area contributed by atoms with E-state index in [-0.39, 0.29) is 11.6 Å². The number of hydrogen-bond acceptors (Lipinski definition) is 3. The summed E-state index contributed by atoms with van der Waals surface area (Å²) in [7, 11) is 0. The van der Waals surface area contributed by atoms with Crippen LogP contribution in [0.5, 0.6) is 0 Å². The van der Waals surface area contributed by atoms with Gasteiger partial charge in [0.25, 0.3) is 0 Å². The molecule has 0 saturated heterocycles. The van der Waals surface area contributed by atoms with Crippen LogP contribution in [0.2, 0.25) is 0 Å². The van der Waals surface area contributed by atoms with Crippen LogP contribution in [0, 0.1) is 0 Å². The molecular formula is C20H13NO2. The maximum Gasteiger partial charge on any atom is 0.194 e. The number of ketones is 2. The molecule has 0 unspecified atom stereocenters. The van der Waals surface area contributed by atoms with E-state index in [9.17, 15) is 9.59 Å².